The van der Waals surface area contributed by atoms with Gasteiger partial charge in [0, 0.05) is 18.8 Å². The summed E-state index contributed by atoms with van der Waals surface area (Å²) in [5, 5.41) is 5.05. The maximum Gasteiger partial charge on any atom is 0.0445 e. The summed E-state index contributed by atoms with van der Waals surface area (Å²) in [7, 11) is 2.22. The zero-order chi connectivity index (χ0) is 38.0. The molecule has 0 saturated heterocycles. The van der Waals surface area contributed by atoms with E-state index in [1.165, 1.54) is 54.9 Å². The van der Waals surface area contributed by atoms with Gasteiger partial charge in [-0.15, -0.1) is 0 Å². The Morgan fingerprint density at radius 3 is 1.87 bits per heavy atom. The molecule has 54 heavy (non-hydrogen) atoms. The van der Waals surface area contributed by atoms with Crippen molar-refractivity contribution < 1.29 is 0 Å². The van der Waals surface area contributed by atoms with E-state index in [-0.39, 0.29) is 12.0 Å². The Kier molecular flexibility index (Phi) is 12.4. The summed E-state index contributed by atoms with van der Waals surface area (Å²) < 4.78 is 0. The van der Waals surface area contributed by atoms with Crippen molar-refractivity contribution in [2.75, 3.05) is 7.05 Å². The van der Waals surface area contributed by atoms with Crippen molar-refractivity contribution >= 4 is 44.0 Å². The first kappa shape index (κ1) is 37.8. The van der Waals surface area contributed by atoms with Gasteiger partial charge in [0.05, 0.1) is 0 Å². The second-order valence-corrected chi connectivity index (χ2v) is 14.1. The third kappa shape index (κ3) is 8.48. The summed E-state index contributed by atoms with van der Waals surface area (Å²) in [5.41, 5.74) is 11.8. The molecule has 0 bridgehead atoms. The molecule has 0 radical (unpaired) electrons. The van der Waals surface area contributed by atoms with Crippen molar-refractivity contribution in [3.05, 3.63) is 205 Å². The molecule has 0 saturated carbocycles. The Hall–Kier alpha value is -5.92. The van der Waals surface area contributed by atoms with Crippen LogP contribution in [0.1, 0.15) is 63.3 Å². The molecule has 0 spiro atoms. The Morgan fingerprint density at radius 1 is 0.630 bits per heavy atom. The fourth-order valence-corrected chi connectivity index (χ4v) is 7.22. The lowest BCUT2D eigenvalue weighted by molar-refractivity contribution is 0.314. The number of rotatable bonds is 13. The summed E-state index contributed by atoms with van der Waals surface area (Å²) in [4.78, 5) is 2.42. The number of hydrogen-bond donors (Lipinski definition) is 0. The summed E-state index contributed by atoms with van der Waals surface area (Å²) in [5.74, 6) is 0.265. The van der Waals surface area contributed by atoms with Crippen molar-refractivity contribution in [1.29, 1.82) is 0 Å². The molecule has 1 nitrogen and oxygen atoms in total. The standard InChI is InChI=1S/C53H53N/c1-8-11-18-41(9-2)44-31-29-43(30-32-44)39(5)37-53(48-35-33-47(34-36-48)52-26-17-22-46-20-13-15-24-51(46)52)54(7)40(6)38(4)27-28-42(10-3)49-25-16-21-45-19-12-14-23-50(45)49/h9-38,40H,5,8H2,1-4,6-7H3/b18-11-,28-27-,41-9+,42-10+,53-37-. The number of benzene rings is 6. The van der Waals surface area contributed by atoms with Crippen molar-refractivity contribution in [3.63, 3.8) is 0 Å². The van der Waals surface area contributed by atoms with E-state index < -0.39 is 0 Å². The van der Waals surface area contributed by atoms with Gasteiger partial charge in [-0.25, -0.2) is 0 Å². The minimum atomic E-state index is 0.202. The minimum Gasteiger partial charge on any atom is -0.371 e. The van der Waals surface area contributed by atoms with Crippen molar-refractivity contribution in [2.24, 2.45) is 5.92 Å². The van der Waals surface area contributed by atoms with E-state index in [0.717, 1.165) is 28.8 Å². The van der Waals surface area contributed by atoms with Gasteiger partial charge in [-0.05, 0) is 111 Å². The van der Waals surface area contributed by atoms with Crippen LogP contribution in [0, 0.1) is 5.92 Å². The number of nitrogens with zero attached hydrogens (tertiary/aromatic N) is 1. The Bertz CT molecular complexity index is 2370. The van der Waals surface area contributed by atoms with E-state index >= 15 is 0 Å². The van der Waals surface area contributed by atoms with E-state index in [9.17, 15) is 0 Å². The molecule has 6 rings (SSSR count). The second-order valence-electron chi connectivity index (χ2n) is 14.1. The normalized spacial score (nSPS) is 13.9. The summed E-state index contributed by atoms with van der Waals surface area (Å²) in [6, 6.07) is 48.4. The van der Waals surface area contributed by atoms with Crippen LogP contribution < -0.4 is 0 Å². The first-order chi connectivity index (χ1) is 26.3. The zero-order valence-electron chi connectivity index (χ0n) is 32.8. The van der Waals surface area contributed by atoms with Gasteiger partial charge in [0.1, 0.15) is 0 Å². The van der Waals surface area contributed by atoms with E-state index in [1.54, 1.807) is 0 Å². The second kappa shape index (κ2) is 17.7. The van der Waals surface area contributed by atoms with Crippen LogP contribution in [0.4, 0.5) is 0 Å². The quantitative estimate of drug-likeness (QED) is 0.108. The highest BCUT2D eigenvalue weighted by molar-refractivity contribution is 5.97. The number of hydrogen-bond acceptors (Lipinski definition) is 1. The Morgan fingerprint density at radius 2 is 1.20 bits per heavy atom. The van der Waals surface area contributed by atoms with E-state index in [4.69, 9.17) is 0 Å². The van der Waals surface area contributed by atoms with E-state index in [0.29, 0.717) is 0 Å². The molecule has 0 aliphatic carbocycles. The van der Waals surface area contributed by atoms with Crippen LogP contribution in [0.2, 0.25) is 0 Å². The first-order valence-electron chi connectivity index (χ1n) is 19.3. The van der Waals surface area contributed by atoms with Gasteiger partial charge in [0.2, 0.25) is 0 Å². The van der Waals surface area contributed by atoms with Gasteiger partial charge in [-0.2, -0.15) is 0 Å². The van der Waals surface area contributed by atoms with Gasteiger partial charge in [-0.1, -0.05) is 190 Å². The van der Waals surface area contributed by atoms with E-state index in [2.05, 4.69) is 229 Å². The third-order valence-electron chi connectivity index (χ3n) is 10.8. The van der Waals surface area contributed by atoms with Crippen LogP contribution in [0.5, 0.6) is 0 Å². The Balaban J connectivity index is 1.32. The topological polar surface area (TPSA) is 3.24 Å². The largest absolute Gasteiger partial charge is 0.371 e. The van der Waals surface area contributed by atoms with Gasteiger partial charge < -0.3 is 4.90 Å². The lowest BCUT2D eigenvalue weighted by Crippen LogP contribution is -2.32. The molecular weight excluding hydrogens is 651 g/mol. The average molecular weight is 704 g/mol. The summed E-state index contributed by atoms with van der Waals surface area (Å²) in [6.45, 7) is 15.6. The minimum absolute atomic E-state index is 0.202. The maximum atomic E-state index is 4.60. The zero-order valence-corrected chi connectivity index (χ0v) is 32.8. The highest BCUT2D eigenvalue weighted by Gasteiger charge is 2.20. The van der Waals surface area contributed by atoms with Crippen LogP contribution in [-0.2, 0) is 0 Å². The maximum absolute atomic E-state index is 4.60. The predicted molar refractivity (Wildman–Crippen MR) is 239 cm³/mol. The van der Waals surface area contributed by atoms with Crippen LogP contribution in [0.15, 0.2) is 183 Å². The van der Waals surface area contributed by atoms with Gasteiger partial charge in [0.25, 0.3) is 0 Å². The molecule has 0 aliphatic heterocycles. The van der Waals surface area contributed by atoms with Crippen LogP contribution in [0.3, 0.4) is 0 Å². The molecule has 6 aromatic rings. The van der Waals surface area contributed by atoms with Crippen LogP contribution >= 0.6 is 0 Å². The summed E-state index contributed by atoms with van der Waals surface area (Å²) >= 11 is 0. The molecule has 0 heterocycles. The fourth-order valence-electron chi connectivity index (χ4n) is 7.22. The highest BCUT2D eigenvalue weighted by atomic mass is 15.1. The summed E-state index contributed by atoms with van der Waals surface area (Å²) in [6.07, 6.45) is 16.7. The molecule has 0 amide bonds. The Labute approximate surface area is 323 Å². The monoisotopic (exact) mass is 703 g/mol. The molecule has 2 unspecified atom stereocenters. The smallest absolute Gasteiger partial charge is 0.0445 e. The fraction of sp³-hybridized carbons (Fsp3) is 0.170. The van der Waals surface area contributed by atoms with Gasteiger partial charge >= 0.3 is 0 Å². The predicted octanol–water partition coefficient (Wildman–Crippen LogP) is 14.7. The van der Waals surface area contributed by atoms with Crippen LogP contribution in [0.25, 0.3) is 55.1 Å². The number of allylic oxidation sites excluding steroid dienone is 9. The van der Waals surface area contributed by atoms with Gasteiger partial charge in [-0.3, -0.25) is 0 Å². The average Bonchev–Trinajstić information content (AvgIpc) is 3.22. The molecule has 2 atom stereocenters. The lowest BCUT2D eigenvalue weighted by atomic mass is 9.93. The molecule has 270 valence electrons. The highest BCUT2D eigenvalue weighted by Crippen LogP contribution is 2.33. The molecule has 0 fully saturated rings. The van der Waals surface area contributed by atoms with Gasteiger partial charge in [0.15, 0.2) is 0 Å². The SMILES string of the molecule is C=C(/C=C(/c1ccc(-c2cccc3ccccc23)cc1)N(C)C(C)C(C)/C=C\C(=C/C)c1cccc2ccccc12)c1ccc(C(/C=C\CC)=C/C)cc1. The molecular formula is C53H53N. The molecule has 6 aromatic carbocycles. The molecule has 0 aliphatic rings. The van der Waals surface area contributed by atoms with Crippen LogP contribution in [-0.4, -0.2) is 18.0 Å². The first-order valence-corrected chi connectivity index (χ1v) is 19.3. The molecule has 0 N–H and O–H groups in total. The number of fused-ring (bicyclic) bond motifs is 2. The molecule has 1 heteroatoms. The molecule has 0 aromatic heterocycles. The third-order valence-corrected chi connectivity index (χ3v) is 10.8. The van der Waals surface area contributed by atoms with E-state index in [1.807, 2.05) is 0 Å². The van der Waals surface area contributed by atoms with Crippen molar-refractivity contribution in [2.45, 2.75) is 47.1 Å². The lowest BCUT2D eigenvalue weighted by Gasteiger charge is -2.33. The van der Waals surface area contributed by atoms with Crippen molar-refractivity contribution in [1.82, 2.24) is 4.90 Å². The van der Waals surface area contributed by atoms with Crippen molar-refractivity contribution in [3.8, 4) is 11.1 Å².